The average molecular weight is 327 g/mol. The third-order valence-corrected chi connectivity index (χ3v) is 4.74. The fraction of sp³-hybridized carbons (Fsp3) is 0.0500. The molecule has 0 spiro atoms. The van der Waals surface area contributed by atoms with Crippen molar-refractivity contribution in [2.45, 2.75) is 6.04 Å². The van der Waals surface area contributed by atoms with Gasteiger partial charge in [-0.1, -0.05) is 47.6 Å². The number of nitrogens with one attached hydrogen (secondary N) is 1. The van der Waals surface area contributed by atoms with E-state index in [1.165, 1.54) is 0 Å². The monoisotopic (exact) mass is 327 g/mol. The summed E-state index contributed by atoms with van der Waals surface area (Å²) >= 11 is 0. The van der Waals surface area contributed by atoms with Crippen molar-refractivity contribution in [3.05, 3.63) is 76.7 Å². The Bertz CT molecular complexity index is 1150. The number of phenols is 1. The Balaban J connectivity index is 1.80. The highest BCUT2D eigenvalue weighted by molar-refractivity contribution is 5.91. The minimum atomic E-state index is -0.487. The quantitative estimate of drug-likeness (QED) is 0.520. The number of phenolic OH excluding ortho intramolecular Hbond substituents is 1. The summed E-state index contributed by atoms with van der Waals surface area (Å²) in [4.78, 5) is 19.4. The Kier molecular flexibility index (Phi) is 2.79. The van der Waals surface area contributed by atoms with Crippen LogP contribution in [0, 0.1) is 4.91 Å². The van der Waals surface area contributed by atoms with E-state index in [0.29, 0.717) is 5.82 Å². The molecular formula is C20H13N3O2. The number of fused-ring (bicyclic) bond motifs is 4. The number of rotatable bonds is 2. The molecule has 0 aliphatic heterocycles. The second-order valence-electron chi connectivity index (χ2n) is 6.15. The van der Waals surface area contributed by atoms with Gasteiger partial charge in [0.1, 0.15) is 17.6 Å². The largest absolute Gasteiger partial charge is 0.508 e. The first-order chi connectivity index (χ1) is 12.3. The molecule has 1 atom stereocenters. The average Bonchev–Trinajstić information content (AvgIpc) is 3.19. The predicted octanol–water partition coefficient (Wildman–Crippen LogP) is 4.77. The Labute approximate surface area is 143 Å². The second-order valence-corrected chi connectivity index (χ2v) is 6.15. The van der Waals surface area contributed by atoms with Gasteiger partial charge in [-0.2, -0.15) is 0 Å². The molecule has 1 aromatic heterocycles. The molecule has 5 rings (SSSR count). The number of aromatic hydroxyl groups is 1. The molecule has 4 aromatic rings. The van der Waals surface area contributed by atoms with Crippen molar-refractivity contribution in [1.29, 1.82) is 0 Å². The number of H-pyrrole nitrogens is 1. The van der Waals surface area contributed by atoms with Gasteiger partial charge in [-0.3, -0.25) is 0 Å². The molecular weight excluding hydrogens is 314 g/mol. The van der Waals surface area contributed by atoms with E-state index in [1.54, 1.807) is 18.2 Å². The van der Waals surface area contributed by atoms with Crippen LogP contribution in [0.15, 0.2) is 65.8 Å². The molecule has 25 heavy (non-hydrogen) atoms. The van der Waals surface area contributed by atoms with E-state index in [9.17, 15) is 10.0 Å². The minimum absolute atomic E-state index is 0.191. The van der Waals surface area contributed by atoms with Crippen molar-refractivity contribution in [2.24, 2.45) is 5.18 Å². The van der Waals surface area contributed by atoms with Crippen molar-refractivity contribution in [1.82, 2.24) is 9.97 Å². The van der Waals surface area contributed by atoms with Gasteiger partial charge in [-0.05, 0) is 34.4 Å². The molecule has 1 heterocycles. The molecule has 1 aliphatic rings. The minimum Gasteiger partial charge on any atom is -0.508 e. The maximum Gasteiger partial charge on any atom is 0.143 e. The van der Waals surface area contributed by atoms with Gasteiger partial charge < -0.3 is 10.1 Å². The van der Waals surface area contributed by atoms with Gasteiger partial charge >= 0.3 is 0 Å². The Morgan fingerprint density at radius 2 is 1.76 bits per heavy atom. The van der Waals surface area contributed by atoms with Crippen LogP contribution >= 0.6 is 0 Å². The van der Waals surface area contributed by atoms with E-state index in [0.717, 1.165) is 38.9 Å². The maximum absolute atomic E-state index is 11.5. The van der Waals surface area contributed by atoms with Crippen molar-refractivity contribution in [3.63, 3.8) is 0 Å². The number of benzene rings is 3. The molecule has 0 saturated carbocycles. The third-order valence-electron chi connectivity index (χ3n) is 4.74. The molecule has 1 unspecified atom stereocenters. The SMILES string of the molecule is O=NC1c2ccccc2-c2c(-c3nc4ccc(O)cc4[nH]3)cccc21. The lowest BCUT2D eigenvalue weighted by Gasteiger charge is -2.07. The van der Waals surface area contributed by atoms with E-state index in [-0.39, 0.29) is 5.75 Å². The molecule has 1 aliphatic carbocycles. The molecule has 5 heteroatoms. The summed E-state index contributed by atoms with van der Waals surface area (Å²) < 4.78 is 0. The predicted molar refractivity (Wildman–Crippen MR) is 96.3 cm³/mol. The van der Waals surface area contributed by atoms with E-state index in [1.807, 2.05) is 42.5 Å². The van der Waals surface area contributed by atoms with Crippen molar-refractivity contribution in [2.75, 3.05) is 0 Å². The zero-order valence-corrected chi connectivity index (χ0v) is 13.1. The number of aromatic amines is 1. The van der Waals surface area contributed by atoms with Crippen LogP contribution in [0.5, 0.6) is 5.75 Å². The smallest absolute Gasteiger partial charge is 0.143 e. The Morgan fingerprint density at radius 3 is 2.64 bits per heavy atom. The molecule has 0 saturated heterocycles. The van der Waals surface area contributed by atoms with Crippen molar-refractivity contribution < 1.29 is 5.11 Å². The van der Waals surface area contributed by atoms with E-state index in [2.05, 4.69) is 15.1 Å². The number of nitrogens with zero attached hydrogens (tertiary/aromatic N) is 2. The summed E-state index contributed by atoms with van der Waals surface area (Å²) in [5.74, 6) is 0.898. The topological polar surface area (TPSA) is 78.3 Å². The van der Waals surface area contributed by atoms with Crippen LogP contribution < -0.4 is 0 Å². The van der Waals surface area contributed by atoms with E-state index in [4.69, 9.17) is 0 Å². The lowest BCUT2D eigenvalue weighted by atomic mass is 9.99. The Morgan fingerprint density at radius 1 is 0.960 bits per heavy atom. The molecule has 120 valence electrons. The number of hydrogen-bond acceptors (Lipinski definition) is 4. The van der Waals surface area contributed by atoms with Crippen LogP contribution in [0.2, 0.25) is 0 Å². The van der Waals surface area contributed by atoms with Gasteiger partial charge in [0.25, 0.3) is 0 Å². The summed E-state index contributed by atoms with van der Waals surface area (Å²) in [6.45, 7) is 0. The van der Waals surface area contributed by atoms with Crippen LogP contribution in [0.25, 0.3) is 33.5 Å². The number of imidazole rings is 1. The van der Waals surface area contributed by atoms with E-state index < -0.39 is 6.04 Å². The molecule has 0 radical (unpaired) electrons. The highest BCUT2D eigenvalue weighted by atomic mass is 16.3. The fourth-order valence-electron chi connectivity index (χ4n) is 3.67. The summed E-state index contributed by atoms with van der Waals surface area (Å²) in [5, 5.41) is 13.0. The molecule has 0 fully saturated rings. The summed E-state index contributed by atoms with van der Waals surface area (Å²) in [6, 6.07) is 18.2. The number of aromatic nitrogens is 2. The molecule has 3 aromatic carbocycles. The van der Waals surface area contributed by atoms with Crippen molar-refractivity contribution in [3.8, 4) is 28.3 Å². The zero-order chi connectivity index (χ0) is 17.0. The van der Waals surface area contributed by atoms with Crippen LogP contribution in [0.4, 0.5) is 0 Å². The standard InChI is InChI=1S/C20H13N3O2/c24-11-8-9-16-17(10-11)22-20(21-16)15-7-3-6-14-18(15)12-4-1-2-5-13(12)19(14)23-25/h1-10,19,24H,(H,21,22). The van der Waals surface area contributed by atoms with Gasteiger partial charge in [-0.25, -0.2) is 4.98 Å². The molecule has 2 N–H and O–H groups in total. The van der Waals surface area contributed by atoms with Crippen molar-refractivity contribution >= 4 is 11.0 Å². The molecule has 0 bridgehead atoms. The summed E-state index contributed by atoms with van der Waals surface area (Å²) in [6.07, 6.45) is 0. The first kappa shape index (κ1) is 13.9. The van der Waals surface area contributed by atoms with Gasteiger partial charge in [0, 0.05) is 11.6 Å². The second kappa shape index (κ2) is 5.01. The zero-order valence-electron chi connectivity index (χ0n) is 13.1. The lowest BCUT2D eigenvalue weighted by Crippen LogP contribution is -1.91. The van der Waals surface area contributed by atoms with Crippen LogP contribution in [0.3, 0.4) is 0 Å². The third kappa shape index (κ3) is 1.92. The highest BCUT2D eigenvalue weighted by Gasteiger charge is 2.31. The first-order valence-corrected chi connectivity index (χ1v) is 8.00. The molecule has 5 nitrogen and oxygen atoms in total. The first-order valence-electron chi connectivity index (χ1n) is 8.00. The van der Waals surface area contributed by atoms with Gasteiger partial charge in [-0.15, -0.1) is 4.91 Å². The van der Waals surface area contributed by atoms with Crippen LogP contribution in [0.1, 0.15) is 17.2 Å². The van der Waals surface area contributed by atoms with E-state index >= 15 is 0 Å². The molecule has 0 amide bonds. The van der Waals surface area contributed by atoms with Gasteiger partial charge in [0.15, 0.2) is 0 Å². The normalized spacial score (nSPS) is 15.1. The number of hydrogen-bond donors (Lipinski definition) is 2. The Hall–Kier alpha value is -3.47. The number of nitroso groups, excluding NO2 is 1. The lowest BCUT2D eigenvalue weighted by molar-refractivity contribution is 0.476. The van der Waals surface area contributed by atoms with Crippen LogP contribution in [-0.4, -0.2) is 15.1 Å². The van der Waals surface area contributed by atoms with Gasteiger partial charge in [0.2, 0.25) is 0 Å². The highest BCUT2D eigenvalue weighted by Crippen LogP contribution is 2.49. The maximum atomic E-state index is 11.5. The summed E-state index contributed by atoms with van der Waals surface area (Å²) in [7, 11) is 0. The summed E-state index contributed by atoms with van der Waals surface area (Å²) in [5.41, 5.74) is 6.30. The van der Waals surface area contributed by atoms with Gasteiger partial charge in [0.05, 0.1) is 11.0 Å². The fourth-order valence-corrected chi connectivity index (χ4v) is 3.67. The van der Waals surface area contributed by atoms with Crippen LogP contribution in [-0.2, 0) is 0 Å².